The molecule has 1 aliphatic heterocycles. The Labute approximate surface area is 144 Å². The third-order valence-corrected chi connectivity index (χ3v) is 3.82. The van der Waals surface area contributed by atoms with E-state index in [4.69, 9.17) is 12.2 Å². The molecule has 2 aromatic rings. The molecule has 6 heteroatoms. The number of hydrogen-bond donors (Lipinski definition) is 1. The molecule has 0 saturated carbocycles. The van der Waals surface area contributed by atoms with Crippen molar-refractivity contribution in [1.82, 2.24) is 5.32 Å². The highest BCUT2D eigenvalue weighted by molar-refractivity contribution is 7.80. The molecule has 2 aromatic carbocycles. The highest BCUT2D eigenvalue weighted by atomic mass is 32.1. The molecule has 120 valence electrons. The number of amides is 1. The summed E-state index contributed by atoms with van der Waals surface area (Å²) in [5.41, 5.74) is 2.32. The lowest BCUT2D eigenvalue weighted by Crippen LogP contribution is -2.30. The summed E-state index contributed by atoms with van der Waals surface area (Å²) in [6.07, 6.45) is 1.69. The molecule has 3 rings (SSSR count). The van der Waals surface area contributed by atoms with Crippen molar-refractivity contribution in [3.05, 3.63) is 71.4 Å². The first-order valence-corrected chi connectivity index (χ1v) is 7.61. The molecule has 24 heavy (non-hydrogen) atoms. The number of nitrogens with zero attached hydrogens (tertiary/aromatic N) is 1. The Morgan fingerprint density at radius 2 is 1.79 bits per heavy atom. The highest BCUT2D eigenvalue weighted by Gasteiger charge is 2.31. The number of carbonyl (C=O) groups is 2. The smallest absolute Gasteiger partial charge is 0.337 e. The second-order valence-corrected chi connectivity index (χ2v) is 5.46. The number of anilines is 1. The standard InChI is InChI=1S/C18H14N2O3S/c1-23-17(22)13-9-7-12(8-10-13)11-15-16(21)20(18(24)19-15)14-5-3-2-4-6-14/h2-11H,1H3,(H,19,24). The molecule has 0 bridgehead atoms. The molecular formula is C18H14N2O3S. The summed E-state index contributed by atoms with van der Waals surface area (Å²) < 4.78 is 4.66. The number of para-hydroxylation sites is 1. The van der Waals surface area contributed by atoms with Crippen LogP contribution < -0.4 is 10.2 Å². The number of esters is 1. The van der Waals surface area contributed by atoms with Crippen molar-refractivity contribution in [3.8, 4) is 0 Å². The molecule has 0 aromatic heterocycles. The molecular weight excluding hydrogens is 324 g/mol. The van der Waals surface area contributed by atoms with Crippen LogP contribution in [0.5, 0.6) is 0 Å². The zero-order chi connectivity index (χ0) is 17.1. The van der Waals surface area contributed by atoms with Crippen LogP contribution in [0, 0.1) is 0 Å². The van der Waals surface area contributed by atoms with Gasteiger partial charge in [-0.05, 0) is 48.1 Å². The Hall–Kier alpha value is -2.99. The Morgan fingerprint density at radius 3 is 2.42 bits per heavy atom. The van der Waals surface area contributed by atoms with E-state index >= 15 is 0 Å². The summed E-state index contributed by atoms with van der Waals surface area (Å²) in [4.78, 5) is 25.5. The van der Waals surface area contributed by atoms with Gasteiger partial charge in [-0.2, -0.15) is 0 Å². The number of ether oxygens (including phenoxy) is 1. The number of benzene rings is 2. The molecule has 0 spiro atoms. The Kier molecular flexibility index (Phi) is 4.39. The first-order valence-electron chi connectivity index (χ1n) is 7.20. The van der Waals surface area contributed by atoms with E-state index in [0.717, 1.165) is 5.56 Å². The van der Waals surface area contributed by atoms with Gasteiger partial charge in [-0.1, -0.05) is 30.3 Å². The largest absolute Gasteiger partial charge is 0.465 e. The van der Waals surface area contributed by atoms with Crippen molar-refractivity contribution in [3.63, 3.8) is 0 Å². The molecule has 0 atom stereocenters. The first kappa shape index (κ1) is 15.9. The van der Waals surface area contributed by atoms with Crippen LogP contribution in [0.4, 0.5) is 5.69 Å². The number of hydrogen-bond acceptors (Lipinski definition) is 4. The van der Waals surface area contributed by atoms with Crippen LogP contribution in [0.2, 0.25) is 0 Å². The Bertz CT molecular complexity index is 829. The lowest BCUT2D eigenvalue weighted by Gasteiger charge is -2.13. The van der Waals surface area contributed by atoms with E-state index in [1.165, 1.54) is 12.0 Å². The van der Waals surface area contributed by atoms with Gasteiger partial charge in [0.15, 0.2) is 5.11 Å². The lowest BCUT2D eigenvalue weighted by molar-refractivity contribution is -0.113. The maximum Gasteiger partial charge on any atom is 0.337 e. The van der Waals surface area contributed by atoms with Gasteiger partial charge in [-0.3, -0.25) is 9.69 Å². The quantitative estimate of drug-likeness (QED) is 0.530. The van der Waals surface area contributed by atoms with Crippen molar-refractivity contribution in [1.29, 1.82) is 0 Å². The van der Waals surface area contributed by atoms with E-state index in [9.17, 15) is 9.59 Å². The second kappa shape index (κ2) is 6.64. The topological polar surface area (TPSA) is 58.6 Å². The summed E-state index contributed by atoms with van der Waals surface area (Å²) in [5.74, 6) is -0.621. The number of rotatable bonds is 3. The van der Waals surface area contributed by atoms with Gasteiger partial charge in [0, 0.05) is 0 Å². The average molecular weight is 338 g/mol. The van der Waals surface area contributed by atoms with Crippen LogP contribution in [0.15, 0.2) is 60.3 Å². The minimum Gasteiger partial charge on any atom is -0.465 e. The van der Waals surface area contributed by atoms with Gasteiger partial charge < -0.3 is 10.1 Å². The van der Waals surface area contributed by atoms with E-state index in [1.54, 1.807) is 30.3 Å². The van der Waals surface area contributed by atoms with Crippen LogP contribution in [0.1, 0.15) is 15.9 Å². The molecule has 0 aliphatic carbocycles. The Morgan fingerprint density at radius 1 is 1.12 bits per heavy atom. The molecule has 0 radical (unpaired) electrons. The van der Waals surface area contributed by atoms with E-state index in [1.807, 2.05) is 30.3 Å². The van der Waals surface area contributed by atoms with Gasteiger partial charge >= 0.3 is 5.97 Å². The second-order valence-electron chi connectivity index (χ2n) is 5.08. The maximum atomic E-state index is 12.6. The van der Waals surface area contributed by atoms with Gasteiger partial charge in [0.2, 0.25) is 0 Å². The zero-order valence-electron chi connectivity index (χ0n) is 12.9. The molecule has 5 nitrogen and oxygen atoms in total. The molecule has 1 fully saturated rings. The maximum absolute atomic E-state index is 12.6. The molecule has 0 unspecified atom stereocenters. The Balaban J connectivity index is 1.85. The van der Waals surface area contributed by atoms with Gasteiger partial charge in [0.05, 0.1) is 18.4 Å². The third kappa shape index (κ3) is 3.04. The fourth-order valence-corrected chi connectivity index (χ4v) is 2.64. The predicted molar refractivity (Wildman–Crippen MR) is 95.4 cm³/mol. The minimum atomic E-state index is -0.402. The van der Waals surface area contributed by atoms with Crippen molar-refractivity contribution in [2.75, 3.05) is 12.0 Å². The van der Waals surface area contributed by atoms with Crippen molar-refractivity contribution in [2.24, 2.45) is 0 Å². The summed E-state index contributed by atoms with van der Waals surface area (Å²) >= 11 is 5.26. The zero-order valence-corrected chi connectivity index (χ0v) is 13.7. The fourth-order valence-electron chi connectivity index (χ4n) is 2.35. The number of nitrogens with one attached hydrogen (secondary N) is 1. The monoisotopic (exact) mass is 338 g/mol. The fraction of sp³-hybridized carbons (Fsp3) is 0.0556. The molecule has 1 amide bonds. The van der Waals surface area contributed by atoms with Crippen LogP contribution in [-0.4, -0.2) is 24.1 Å². The van der Waals surface area contributed by atoms with Gasteiger partial charge in [0.1, 0.15) is 5.70 Å². The van der Waals surface area contributed by atoms with Crippen LogP contribution >= 0.6 is 12.2 Å². The van der Waals surface area contributed by atoms with Crippen molar-refractivity contribution >= 4 is 41.0 Å². The summed E-state index contributed by atoms with van der Waals surface area (Å²) in [5, 5.41) is 3.26. The summed E-state index contributed by atoms with van der Waals surface area (Å²) in [6.45, 7) is 0. The van der Waals surface area contributed by atoms with E-state index < -0.39 is 5.97 Å². The van der Waals surface area contributed by atoms with Crippen molar-refractivity contribution in [2.45, 2.75) is 0 Å². The first-order chi connectivity index (χ1) is 11.6. The van der Waals surface area contributed by atoms with Gasteiger partial charge in [-0.25, -0.2) is 4.79 Å². The van der Waals surface area contributed by atoms with Crippen LogP contribution in [0.3, 0.4) is 0 Å². The number of methoxy groups -OCH3 is 1. The molecule has 1 heterocycles. The number of thiocarbonyl (C=S) groups is 1. The highest BCUT2D eigenvalue weighted by Crippen LogP contribution is 2.22. The van der Waals surface area contributed by atoms with Crippen LogP contribution in [-0.2, 0) is 9.53 Å². The third-order valence-electron chi connectivity index (χ3n) is 3.54. The SMILES string of the molecule is COC(=O)c1ccc(C=C2NC(=S)N(c3ccccc3)C2=O)cc1. The summed E-state index contributed by atoms with van der Waals surface area (Å²) in [7, 11) is 1.33. The van der Waals surface area contributed by atoms with E-state index in [0.29, 0.717) is 22.1 Å². The van der Waals surface area contributed by atoms with Crippen LogP contribution in [0.25, 0.3) is 6.08 Å². The molecule has 1 N–H and O–H groups in total. The minimum absolute atomic E-state index is 0.219. The van der Waals surface area contributed by atoms with Gasteiger partial charge in [0.25, 0.3) is 5.91 Å². The molecule has 1 aliphatic rings. The predicted octanol–water partition coefficient (Wildman–Crippen LogP) is 2.74. The van der Waals surface area contributed by atoms with Gasteiger partial charge in [-0.15, -0.1) is 0 Å². The molecule has 1 saturated heterocycles. The normalized spacial score (nSPS) is 15.5. The van der Waals surface area contributed by atoms with Crippen molar-refractivity contribution < 1.29 is 14.3 Å². The average Bonchev–Trinajstić information content (AvgIpc) is 2.89. The van der Waals surface area contributed by atoms with E-state index in [-0.39, 0.29) is 5.91 Å². The van der Waals surface area contributed by atoms with E-state index in [2.05, 4.69) is 10.1 Å². The number of carbonyl (C=O) groups excluding carboxylic acids is 2. The lowest BCUT2D eigenvalue weighted by atomic mass is 10.1. The summed E-state index contributed by atoms with van der Waals surface area (Å²) in [6, 6.07) is 16.0.